The topological polar surface area (TPSA) is 26.0 Å². The van der Waals surface area contributed by atoms with Crippen LogP contribution < -0.4 is 0 Å². The van der Waals surface area contributed by atoms with Gasteiger partial charge in [-0.2, -0.15) is 0 Å². The molecule has 38 heavy (non-hydrogen) atoms. The Morgan fingerprint density at radius 3 is 1.89 bits per heavy atom. The minimum Gasteiger partial charge on any atom is -0.456 e. The summed E-state index contributed by atoms with van der Waals surface area (Å²) in [6.45, 7) is 0. The predicted molar refractivity (Wildman–Crippen MR) is 161 cm³/mol. The van der Waals surface area contributed by atoms with Gasteiger partial charge in [0.2, 0.25) is 0 Å². The molecular weight excluding hydrogens is 482 g/mol. The molecule has 0 unspecified atom stereocenters. The summed E-state index contributed by atoms with van der Waals surface area (Å²) in [4.78, 5) is 4.26. The molecule has 5 aromatic carbocycles. The fourth-order valence-electron chi connectivity index (χ4n) is 5.54. The lowest BCUT2D eigenvalue weighted by atomic mass is 9.98. The van der Waals surface area contributed by atoms with Crippen molar-refractivity contribution < 1.29 is 4.42 Å². The summed E-state index contributed by atoms with van der Waals surface area (Å²) in [5, 5.41) is 4.91. The zero-order valence-corrected chi connectivity index (χ0v) is 21.2. The van der Waals surface area contributed by atoms with Crippen molar-refractivity contribution in [2.45, 2.75) is 0 Å². The summed E-state index contributed by atoms with van der Waals surface area (Å²) in [6, 6.07) is 41.0. The van der Waals surface area contributed by atoms with Gasteiger partial charge in [-0.25, -0.2) is 0 Å². The van der Waals surface area contributed by atoms with E-state index in [1.165, 1.54) is 48.0 Å². The first kappa shape index (κ1) is 21.4. The minimum absolute atomic E-state index is 0.927. The number of rotatable bonds is 3. The van der Waals surface area contributed by atoms with Gasteiger partial charge in [0.15, 0.2) is 0 Å². The number of pyridine rings is 1. The minimum atomic E-state index is 0.927. The van der Waals surface area contributed by atoms with Gasteiger partial charge in [-0.1, -0.05) is 91.0 Å². The zero-order valence-electron chi connectivity index (χ0n) is 20.4. The van der Waals surface area contributed by atoms with Crippen molar-refractivity contribution >= 4 is 53.4 Å². The van der Waals surface area contributed by atoms with Crippen molar-refractivity contribution in [2.24, 2.45) is 0 Å². The van der Waals surface area contributed by atoms with Crippen LogP contribution in [0.1, 0.15) is 0 Å². The molecule has 0 N–H and O–H groups in total. The number of hydrogen-bond donors (Lipinski definition) is 0. The largest absolute Gasteiger partial charge is 0.456 e. The SMILES string of the molecule is c1cncc(-c2ccc(-c3cccc4c3sc3c(-c5ccc6c(c5)oc5ccccc56)cccc34)cc2)c1. The summed E-state index contributed by atoms with van der Waals surface area (Å²) in [5.41, 5.74) is 9.06. The van der Waals surface area contributed by atoms with E-state index in [-0.39, 0.29) is 0 Å². The standard InChI is InChI=1S/C35H21NOS/c1-2-12-32-28(7-1)29-18-17-24(20-33(29)37-32)27-9-4-11-31-30-10-3-8-26(34(30)38-35(27)31)23-15-13-22(14-16-23)25-6-5-19-36-21-25/h1-21H. The highest BCUT2D eigenvalue weighted by atomic mass is 32.1. The van der Waals surface area contributed by atoms with E-state index in [2.05, 4.69) is 102 Å². The summed E-state index contributed by atoms with van der Waals surface area (Å²) in [6.07, 6.45) is 3.72. The number of fused-ring (bicyclic) bond motifs is 6. The highest BCUT2D eigenvalue weighted by Gasteiger charge is 2.15. The molecule has 3 heterocycles. The molecule has 0 aliphatic carbocycles. The molecule has 0 saturated heterocycles. The smallest absolute Gasteiger partial charge is 0.136 e. The average Bonchev–Trinajstić information content (AvgIpc) is 3.56. The van der Waals surface area contributed by atoms with Crippen molar-refractivity contribution in [1.29, 1.82) is 0 Å². The number of para-hydroxylation sites is 1. The highest BCUT2D eigenvalue weighted by Crippen LogP contribution is 2.44. The first-order valence-electron chi connectivity index (χ1n) is 12.7. The summed E-state index contributed by atoms with van der Waals surface area (Å²) >= 11 is 1.87. The first-order valence-corrected chi connectivity index (χ1v) is 13.5. The van der Waals surface area contributed by atoms with Crippen LogP contribution in [0.4, 0.5) is 0 Å². The summed E-state index contributed by atoms with van der Waals surface area (Å²) < 4.78 is 8.82. The van der Waals surface area contributed by atoms with Gasteiger partial charge in [0.1, 0.15) is 11.2 Å². The van der Waals surface area contributed by atoms with Crippen LogP contribution in [0.5, 0.6) is 0 Å². The van der Waals surface area contributed by atoms with E-state index in [1.807, 2.05) is 41.9 Å². The molecule has 0 bridgehead atoms. The molecule has 3 aromatic heterocycles. The van der Waals surface area contributed by atoms with Gasteiger partial charge >= 0.3 is 0 Å². The monoisotopic (exact) mass is 503 g/mol. The van der Waals surface area contributed by atoms with Crippen molar-refractivity contribution in [3.05, 3.63) is 128 Å². The molecule has 8 rings (SSSR count). The number of hydrogen-bond acceptors (Lipinski definition) is 3. The van der Waals surface area contributed by atoms with Gasteiger partial charge in [0.25, 0.3) is 0 Å². The number of furan rings is 1. The second-order valence-corrected chi connectivity index (χ2v) is 10.6. The Hall–Kier alpha value is -4.73. The third-order valence-electron chi connectivity index (χ3n) is 7.40. The highest BCUT2D eigenvalue weighted by molar-refractivity contribution is 7.26. The Morgan fingerprint density at radius 1 is 0.474 bits per heavy atom. The van der Waals surface area contributed by atoms with Gasteiger partial charge in [-0.05, 0) is 57.6 Å². The lowest BCUT2D eigenvalue weighted by Crippen LogP contribution is -1.81. The Balaban J connectivity index is 1.28. The van der Waals surface area contributed by atoms with Crippen LogP contribution in [0.3, 0.4) is 0 Å². The van der Waals surface area contributed by atoms with Gasteiger partial charge in [0, 0.05) is 43.3 Å². The van der Waals surface area contributed by atoms with E-state index in [9.17, 15) is 0 Å². The lowest BCUT2D eigenvalue weighted by Gasteiger charge is -2.06. The van der Waals surface area contributed by atoms with Crippen LogP contribution in [-0.4, -0.2) is 4.98 Å². The van der Waals surface area contributed by atoms with Crippen LogP contribution >= 0.6 is 11.3 Å². The molecule has 0 atom stereocenters. The van der Waals surface area contributed by atoms with Gasteiger partial charge < -0.3 is 4.42 Å². The molecule has 0 saturated carbocycles. The number of aromatic nitrogens is 1. The maximum Gasteiger partial charge on any atom is 0.136 e. The van der Waals surface area contributed by atoms with Crippen LogP contribution in [-0.2, 0) is 0 Å². The third-order valence-corrected chi connectivity index (χ3v) is 8.69. The Bertz CT molecular complexity index is 2120. The van der Waals surface area contributed by atoms with E-state index in [1.54, 1.807) is 0 Å². The second kappa shape index (κ2) is 8.41. The number of benzene rings is 5. The summed E-state index contributed by atoms with van der Waals surface area (Å²) in [5.74, 6) is 0. The van der Waals surface area contributed by atoms with Crippen LogP contribution in [0.2, 0.25) is 0 Å². The van der Waals surface area contributed by atoms with E-state index >= 15 is 0 Å². The molecule has 0 amide bonds. The Kier molecular flexibility index (Phi) is 4.73. The maximum atomic E-state index is 6.20. The Labute approximate surface area is 223 Å². The normalized spacial score (nSPS) is 11.7. The van der Waals surface area contributed by atoms with Crippen molar-refractivity contribution in [1.82, 2.24) is 4.98 Å². The maximum absolute atomic E-state index is 6.20. The van der Waals surface area contributed by atoms with E-state index in [0.29, 0.717) is 0 Å². The van der Waals surface area contributed by atoms with Gasteiger partial charge in [-0.15, -0.1) is 11.3 Å². The van der Waals surface area contributed by atoms with E-state index in [0.717, 1.165) is 27.5 Å². The third kappa shape index (κ3) is 3.29. The molecule has 0 aliphatic heterocycles. The molecule has 178 valence electrons. The van der Waals surface area contributed by atoms with Crippen molar-refractivity contribution in [3.63, 3.8) is 0 Å². The molecular formula is C35H21NOS. The lowest BCUT2D eigenvalue weighted by molar-refractivity contribution is 0.669. The van der Waals surface area contributed by atoms with Crippen LogP contribution in [0, 0.1) is 0 Å². The number of nitrogens with zero attached hydrogens (tertiary/aromatic N) is 1. The molecule has 2 nitrogen and oxygen atoms in total. The van der Waals surface area contributed by atoms with Gasteiger partial charge in [-0.3, -0.25) is 4.98 Å². The molecule has 0 aliphatic rings. The first-order chi connectivity index (χ1) is 18.8. The van der Waals surface area contributed by atoms with Crippen molar-refractivity contribution in [3.8, 4) is 33.4 Å². The number of thiophene rings is 1. The Morgan fingerprint density at radius 2 is 1.13 bits per heavy atom. The second-order valence-electron chi connectivity index (χ2n) is 9.59. The fraction of sp³-hybridized carbons (Fsp3) is 0. The quantitative estimate of drug-likeness (QED) is 0.240. The van der Waals surface area contributed by atoms with Crippen molar-refractivity contribution in [2.75, 3.05) is 0 Å². The zero-order chi connectivity index (χ0) is 25.1. The predicted octanol–water partition coefficient (Wildman–Crippen LogP) is 10.3. The molecule has 0 spiro atoms. The molecule has 8 aromatic rings. The van der Waals surface area contributed by atoms with E-state index in [4.69, 9.17) is 4.42 Å². The fourth-order valence-corrected chi connectivity index (χ4v) is 6.92. The molecule has 3 heteroatoms. The summed E-state index contributed by atoms with van der Waals surface area (Å²) in [7, 11) is 0. The van der Waals surface area contributed by atoms with Crippen LogP contribution in [0.15, 0.2) is 132 Å². The van der Waals surface area contributed by atoms with Crippen LogP contribution in [0.25, 0.3) is 75.5 Å². The molecule has 0 fully saturated rings. The van der Waals surface area contributed by atoms with Gasteiger partial charge in [0.05, 0.1) is 0 Å². The average molecular weight is 504 g/mol. The van der Waals surface area contributed by atoms with E-state index < -0.39 is 0 Å². The molecule has 0 radical (unpaired) electrons.